The van der Waals surface area contributed by atoms with Gasteiger partial charge >= 0.3 is 6.18 Å². The van der Waals surface area contributed by atoms with Crippen LogP contribution in [0.5, 0.6) is 0 Å². The minimum Gasteiger partial charge on any atom is -0.366 e. The van der Waals surface area contributed by atoms with Gasteiger partial charge in [0.1, 0.15) is 0 Å². The SMILES string of the molecule is NC(=O)c1cc(C(F)(F)F)ccc1CC[CH]c1ccc(Cl)cc1. The summed E-state index contributed by atoms with van der Waals surface area (Å²) in [6, 6.07) is 10.2. The lowest BCUT2D eigenvalue weighted by molar-refractivity contribution is -0.137. The third-order valence-electron chi connectivity index (χ3n) is 3.37. The largest absolute Gasteiger partial charge is 0.416 e. The van der Waals surface area contributed by atoms with E-state index < -0.39 is 17.6 Å². The van der Waals surface area contributed by atoms with Gasteiger partial charge < -0.3 is 5.73 Å². The van der Waals surface area contributed by atoms with E-state index in [-0.39, 0.29) is 5.56 Å². The molecule has 23 heavy (non-hydrogen) atoms. The highest BCUT2D eigenvalue weighted by atomic mass is 35.5. The molecule has 0 saturated carbocycles. The van der Waals surface area contributed by atoms with Gasteiger partial charge in [-0.05, 0) is 54.7 Å². The van der Waals surface area contributed by atoms with Gasteiger partial charge in [0.15, 0.2) is 0 Å². The van der Waals surface area contributed by atoms with Crippen molar-refractivity contribution in [3.05, 3.63) is 76.2 Å². The maximum Gasteiger partial charge on any atom is 0.416 e. The Labute approximate surface area is 137 Å². The summed E-state index contributed by atoms with van der Waals surface area (Å²) in [7, 11) is 0. The number of rotatable bonds is 5. The van der Waals surface area contributed by atoms with Gasteiger partial charge in [-0.3, -0.25) is 4.79 Å². The van der Waals surface area contributed by atoms with Crippen LogP contribution < -0.4 is 5.73 Å². The van der Waals surface area contributed by atoms with Crippen LogP contribution in [0.25, 0.3) is 0 Å². The summed E-state index contributed by atoms with van der Waals surface area (Å²) in [6.45, 7) is 0. The maximum absolute atomic E-state index is 12.7. The molecular weight excluding hydrogens is 327 g/mol. The quantitative estimate of drug-likeness (QED) is 0.846. The monoisotopic (exact) mass is 340 g/mol. The molecule has 2 aromatic carbocycles. The van der Waals surface area contributed by atoms with E-state index in [0.717, 1.165) is 17.7 Å². The van der Waals surface area contributed by atoms with E-state index in [0.29, 0.717) is 23.4 Å². The normalized spacial score (nSPS) is 11.5. The fourth-order valence-electron chi connectivity index (χ4n) is 2.19. The topological polar surface area (TPSA) is 43.1 Å². The van der Waals surface area contributed by atoms with Gasteiger partial charge in [-0.15, -0.1) is 0 Å². The van der Waals surface area contributed by atoms with E-state index in [1.54, 1.807) is 12.1 Å². The van der Waals surface area contributed by atoms with Crippen LogP contribution in [0, 0.1) is 6.42 Å². The summed E-state index contributed by atoms with van der Waals surface area (Å²) >= 11 is 5.79. The van der Waals surface area contributed by atoms with Crippen molar-refractivity contribution >= 4 is 17.5 Å². The predicted molar refractivity (Wildman–Crippen MR) is 83.1 cm³/mol. The molecular formula is C17H14ClF3NO. The Balaban J connectivity index is 2.10. The highest BCUT2D eigenvalue weighted by Gasteiger charge is 2.31. The van der Waals surface area contributed by atoms with Crippen molar-refractivity contribution in [3.63, 3.8) is 0 Å². The predicted octanol–water partition coefficient (Wildman–Crippen LogP) is 4.64. The van der Waals surface area contributed by atoms with Crippen LogP contribution in [0.4, 0.5) is 13.2 Å². The van der Waals surface area contributed by atoms with Gasteiger partial charge in [-0.25, -0.2) is 0 Å². The second-order valence-electron chi connectivity index (χ2n) is 5.03. The van der Waals surface area contributed by atoms with Crippen molar-refractivity contribution in [1.29, 1.82) is 0 Å². The molecule has 0 aliphatic heterocycles. The van der Waals surface area contributed by atoms with Crippen LogP contribution in [-0.2, 0) is 12.6 Å². The number of benzene rings is 2. The van der Waals surface area contributed by atoms with Crippen LogP contribution in [0.15, 0.2) is 42.5 Å². The van der Waals surface area contributed by atoms with Crippen LogP contribution in [0.1, 0.15) is 33.5 Å². The first kappa shape index (κ1) is 17.3. The van der Waals surface area contributed by atoms with Gasteiger partial charge in [0.25, 0.3) is 0 Å². The number of hydrogen-bond donors (Lipinski definition) is 1. The first-order valence-corrected chi connectivity index (χ1v) is 7.24. The maximum atomic E-state index is 12.7. The zero-order chi connectivity index (χ0) is 17.0. The van der Waals surface area contributed by atoms with Crippen LogP contribution in [0.3, 0.4) is 0 Å². The first-order valence-electron chi connectivity index (χ1n) is 6.86. The molecule has 2 aromatic rings. The van der Waals surface area contributed by atoms with E-state index in [4.69, 9.17) is 17.3 Å². The second kappa shape index (κ2) is 7.04. The van der Waals surface area contributed by atoms with Gasteiger partial charge in [0.2, 0.25) is 5.91 Å². The molecule has 0 aliphatic rings. The van der Waals surface area contributed by atoms with Crippen molar-refractivity contribution in [2.75, 3.05) is 0 Å². The van der Waals surface area contributed by atoms with Crippen molar-refractivity contribution in [3.8, 4) is 0 Å². The summed E-state index contributed by atoms with van der Waals surface area (Å²) in [5, 5.41) is 0.626. The van der Waals surface area contributed by atoms with E-state index in [1.165, 1.54) is 6.07 Å². The average molecular weight is 341 g/mol. The average Bonchev–Trinajstić information content (AvgIpc) is 2.48. The Kier molecular flexibility index (Phi) is 5.31. The number of nitrogens with two attached hydrogens (primary N) is 1. The van der Waals surface area contributed by atoms with Gasteiger partial charge in [-0.2, -0.15) is 13.2 Å². The summed E-state index contributed by atoms with van der Waals surface area (Å²) in [5.41, 5.74) is 5.67. The molecule has 0 fully saturated rings. The third-order valence-corrected chi connectivity index (χ3v) is 3.62. The summed E-state index contributed by atoms with van der Waals surface area (Å²) < 4.78 is 38.1. The molecule has 1 amide bonds. The standard InChI is InChI=1S/C17H14ClF3NO/c18-14-8-4-11(5-9-14)2-1-3-12-6-7-13(17(19,20)21)10-15(12)16(22)23/h2,4-10H,1,3H2,(H2,22,23). The number of halogens is 4. The Morgan fingerprint density at radius 2 is 1.78 bits per heavy atom. The number of aryl methyl sites for hydroxylation is 1. The van der Waals surface area contributed by atoms with E-state index in [2.05, 4.69) is 0 Å². The Morgan fingerprint density at radius 3 is 2.35 bits per heavy atom. The van der Waals surface area contributed by atoms with Crippen molar-refractivity contribution < 1.29 is 18.0 Å². The fourth-order valence-corrected chi connectivity index (χ4v) is 2.32. The zero-order valence-electron chi connectivity index (χ0n) is 12.0. The second-order valence-corrected chi connectivity index (χ2v) is 5.46. The Morgan fingerprint density at radius 1 is 1.13 bits per heavy atom. The van der Waals surface area contributed by atoms with Crippen LogP contribution in [0.2, 0.25) is 5.02 Å². The lowest BCUT2D eigenvalue weighted by Gasteiger charge is -2.11. The van der Waals surface area contributed by atoms with Gasteiger partial charge in [0, 0.05) is 10.6 Å². The molecule has 0 bridgehead atoms. The molecule has 121 valence electrons. The minimum absolute atomic E-state index is 0.0932. The Hall–Kier alpha value is -2.01. The number of alkyl halides is 3. The molecule has 2 nitrogen and oxygen atoms in total. The number of carbonyl (C=O) groups excluding carboxylic acids is 1. The molecule has 0 aromatic heterocycles. The highest BCUT2D eigenvalue weighted by Crippen LogP contribution is 2.31. The van der Waals surface area contributed by atoms with E-state index in [1.807, 2.05) is 18.6 Å². The lowest BCUT2D eigenvalue weighted by Crippen LogP contribution is -2.16. The van der Waals surface area contributed by atoms with Crippen molar-refractivity contribution in [2.24, 2.45) is 5.73 Å². The molecule has 0 heterocycles. The third kappa shape index (κ3) is 4.73. The molecule has 1 radical (unpaired) electrons. The Bertz CT molecular complexity index is 696. The molecule has 2 rings (SSSR count). The molecule has 2 N–H and O–H groups in total. The smallest absolute Gasteiger partial charge is 0.366 e. The number of hydrogen-bond acceptors (Lipinski definition) is 1. The van der Waals surface area contributed by atoms with E-state index in [9.17, 15) is 18.0 Å². The first-order chi connectivity index (χ1) is 10.8. The molecule has 0 aliphatic carbocycles. The van der Waals surface area contributed by atoms with Crippen LogP contribution in [-0.4, -0.2) is 5.91 Å². The molecule has 0 saturated heterocycles. The lowest BCUT2D eigenvalue weighted by atomic mass is 9.97. The summed E-state index contributed by atoms with van der Waals surface area (Å²) in [6.07, 6.45) is -1.61. The highest BCUT2D eigenvalue weighted by molar-refractivity contribution is 6.30. The van der Waals surface area contributed by atoms with Crippen molar-refractivity contribution in [1.82, 2.24) is 0 Å². The molecule has 0 atom stereocenters. The fraction of sp³-hybridized carbons (Fsp3) is 0.176. The molecule has 6 heteroatoms. The molecule has 0 unspecified atom stereocenters. The summed E-state index contributed by atoms with van der Waals surface area (Å²) in [4.78, 5) is 11.4. The van der Waals surface area contributed by atoms with Gasteiger partial charge in [0.05, 0.1) is 5.56 Å². The van der Waals surface area contributed by atoms with Crippen molar-refractivity contribution in [2.45, 2.75) is 19.0 Å². The number of amides is 1. The zero-order valence-corrected chi connectivity index (χ0v) is 12.8. The minimum atomic E-state index is -4.50. The number of carbonyl (C=O) groups is 1. The van der Waals surface area contributed by atoms with Gasteiger partial charge in [-0.1, -0.05) is 29.8 Å². The molecule has 0 spiro atoms. The number of primary amides is 1. The van der Waals surface area contributed by atoms with Crippen LogP contribution >= 0.6 is 11.6 Å². The summed E-state index contributed by atoms with van der Waals surface area (Å²) in [5.74, 6) is -0.863. The van der Waals surface area contributed by atoms with E-state index >= 15 is 0 Å².